The van der Waals surface area contributed by atoms with E-state index in [1.165, 1.54) is 0 Å². The zero-order valence-corrected chi connectivity index (χ0v) is 9.86. The van der Waals surface area contributed by atoms with E-state index in [1.54, 1.807) is 6.92 Å². The number of nitrogen functional groups attached to an aromatic ring is 1. The minimum Gasteiger partial charge on any atom is -0.391 e. The average molecular weight is 238 g/mol. The first-order valence-corrected chi connectivity index (χ1v) is 5.89. The van der Waals surface area contributed by atoms with Crippen LogP contribution in [-0.2, 0) is 0 Å². The molecule has 1 aliphatic rings. The summed E-state index contributed by atoms with van der Waals surface area (Å²) < 4.78 is 0. The average Bonchev–Trinajstić information content (AvgIpc) is 2.62. The molecule has 0 aliphatic heterocycles. The smallest absolute Gasteiger partial charge is 0.257 e. The number of aromatic nitrogens is 2. The second kappa shape index (κ2) is 4.75. The Morgan fingerprint density at radius 1 is 1.53 bits per heavy atom. The van der Waals surface area contributed by atoms with Gasteiger partial charge in [0.1, 0.15) is 5.56 Å². The molecule has 6 heteroatoms. The lowest BCUT2D eigenvalue weighted by Gasteiger charge is -2.28. The molecule has 1 aromatic heterocycles. The highest BCUT2D eigenvalue weighted by atomic mass is 16.3. The molecule has 17 heavy (non-hydrogen) atoms. The maximum absolute atomic E-state index is 12.0. The van der Waals surface area contributed by atoms with Gasteiger partial charge in [-0.3, -0.25) is 9.89 Å². The van der Waals surface area contributed by atoms with Crippen molar-refractivity contribution >= 4 is 11.7 Å². The third-order valence-corrected chi connectivity index (χ3v) is 3.25. The number of aliphatic hydroxyl groups excluding tert-OH is 1. The summed E-state index contributed by atoms with van der Waals surface area (Å²) in [5.41, 5.74) is 6.64. The molecule has 2 atom stereocenters. The summed E-state index contributed by atoms with van der Waals surface area (Å²) in [5.74, 6) is -0.0648. The van der Waals surface area contributed by atoms with Gasteiger partial charge in [0.2, 0.25) is 0 Å². The Labute approximate surface area is 99.6 Å². The number of rotatable bonds is 2. The molecule has 0 bridgehead atoms. The van der Waals surface area contributed by atoms with Crippen LogP contribution in [0.3, 0.4) is 0 Å². The zero-order chi connectivity index (χ0) is 12.4. The van der Waals surface area contributed by atoms with Gasteiger partial charge < -0.3 is 16.2 Å². The van der Waals surface area contributed by atoms with Crippen molar-refractivity contribution in [3.05, 3.63) is 11.3 Å². The maximum atomic E-state index is 12.0. The van der Waals surface area contributed by atoms with Gasteiger partial charge in [-0.25, -0.2) is 0 Å². The van der Waals surface area contributed by atoms with Crippen molar-refractivity contribution in [1.82, 2.24) is 15.5 Å². The van der Waals surface area contributed by atoms with Crippen molar-refractivity contribution in [2.45, 2.75) is 44.8 Å². The summed E-state index contributed by atoms with van der Waals surface area (Å²) in [6.07, 6.45) is 3.14. The molecule has 94 valence electrons. The van der Waals surface area contributed by atoms with E-state index in [9.17, 15) is 9.90 Å². The quantitative estimate of drug-likeness (QED) is 0.596. The monoisotopic (exact) mass is 238 g/mol. The first kappa shape index (κ1) is 11.9. The fraction of sp³-hybridized carbons (Fsp3) is 0.636. The lowest BCUT2D eigenvalue weighted by atomic mass is 9.92. The van der Waals surface area contributed by atoms with Crippen LogP contribution in [-0.4, -0.2) is 33.4 Å². The molecule has 1 heterocycles. The van der Waals surface area contributed by atoms with Crippen molar-refractivity contribution in [2.24, 2.45) is 0 Å². The standard InChI is InChI=1S/C11H18N4O2/c1-6-9(10(12)15-14-6)11(17)13-7-4-2-3-5-8(7)16/h7-8,16H,2-5H2,1H3,(H,13,17)(H3,12,14,15). The van der Waals surface area contributed by atoms with Crippen LogP contribution in [0, 0.1) is 6.92 Å². The number of aromatic amines is 1. The summed E-state index contributed by atoms with van der Waals surface area (Å²) in [6, 6.07) is -0.176. The Bertz CT molecular complexity index is 396. The SMILES string of the molecule is Cc1[nH]nc(N)c1C(=O)NC1CCCCC1O. The van der Waals surface area contributed by atoms with Crippen LogP contribution in [0.2, 0.25) is 0 Å². The molecular formula is C11H18N4O2. The minimum atomic E-state index is -0.457. The third-order valence-electron chi connectivity index (χ3n) is 3.25. The van der Waals surface area contributed by atoms with E-state index in [2.05, 4.69) is 15.5 Å². The lowest BCUT2D eigenvalue weighted by molar-refractivity contribution is 0.0717. The number of carbonyl (C=O) groups excluding carboxylic acids is 1. The molecule has 1 amide bonds. The van der Waals surface area contributed by atoms with E-state index in [0.717, 1.165) is 25.7 Å². The molecule has 5 N–H and O–H groups in total. The van der Waals surface area contributed by atoms with Crippen LogP contribution in [0.25, 0.3) is 0 Å². The Balaban J connectivity index is 2.06. The van der Waals surface area contributed by atoms with E-state index in [-0.39, 0.29) is 17.8 Å². The molecule has 0 spiro atoms. The molecule has 2 unspecified atom stereocenters. The molecule has 0 radical (unpaired) electrons. The fourth-order valence-electron chi connectivity index (χ4n) is 2.25. The van der Waals surface area contributed by atoms with Crippen LogP contribution >= 0.6 is 0 Å². The normalized spacial score (nSPS) is 24.6. The number of carbonyl (C=O) groups is 1. The molecule has 0 aromatic carbocycles. The predicted octanol–water partition coefficient (Wildman–Crippen LogP) is 0.334. The summed E-state index contributed by atoms with van der Waals surface area (Å²) in [5, 5.41) is 19.1. The number of hydrogen-bond acceptors (Lipinski definition) is 4. The topological polar surface area (TPSA) is 104 Å². The van der Waals surface area contributed by atoms with Gasteiger partial charge in [-0.15, -0.1) is 0 Å². The van der Waals surface area contributed by atoms with Gasteiger partial charge in [-0.2, -0.15) is 5.10 Å². The summed E-state index contributed by atoms with van der Waals surface area (Å²) in [7, 11) is 0. The maximum Gasteiger partial charge on any atom is 0.257 e. The highest BCUT2D eigenvalue weighted by molar-refractivity contribution is 5.99. The summed E-state index contributed by atoms with van der Waals surface area (Å²) >= 11 is 0. The minimum absolute atomic E-state index is 0.176. The number of amides is 1. The summed E-state index contributed by atoms with van der Waals surface area (Å²) in [4.78, 5) is 12.0. The number of H-pyrrole nitrogens is 1. The number of aryl methyl sites for hydroxylation is 1. The van der Waals surface area contributed by atoms with Crippen LogP contribution in [0.1, 0.15) is 41.7 Å². The van der Waals surface area contributed by atoms with Gasteiger partial charge in [-0.1, -0.05) is 12.8 Å². The van der Waals surface area contributed by atoms with Crippen LogP contribution in [0.5, 0.6) is 0 Å². The van der Waals surface area contributed by atoms with E-state index in [4.69, 9.17) is 5.73 Å². The highest BCUT2D eigenvalue weighted by Gasteiger charge is 2.26. The van der Waals surface area contributed by atoms with E-state index in [1.807, 2.05) is 0 Å². The largest absolute Gasteiger partial charge is 0.391 e. The van der Waals surface area contributed by atoms with Gasteiger partial charge >= 0.3 is 0 Å². The van der Waals surface area contributed by atoms with Crippen molar-refractivity contribution in [2.75, 3.05) is 5.73 Å². The number of nitrogens with zero attached hydrogens (tertiary/aromatic N) is 1. The predicted molar refractivity (Wildman–Crippen MR) is 63.5 cm³/mol. The third kappa shape index (κ3) is 2.41. The number of hydrogen-bond donors (Lipinski definition) is 4. The second-order valence-electron chi connectivity index (χ2n) is 4.54. The van der Waals surface area contributed by atoms with Gasteiger partial charge in [0.25, 0.3) is 5.91 Å². The molecule has 6 nitrogen and oxygen atoms in total. The molecule has 1 aliphatic carbocycles. The van der Waals surface area contributed by atoms with Gasteiger partial charge in [0, 0.05) is 5.69 Å². The highest BCUT2D eigenvalue weighted by Crippen LogP contribution is 2.20. The number of anilines is 1. The molecular weight excluding hydrogens is 220 g/mol. The van der Waals surface area contributed by atoms with Crippen molar-refractivity contribution in [3.63, 3.8) is 0 Å². The zero-order valence-electron chi connectivity index (χ0n) is 9.86. The first-order chi connectivity index (χ1) is 8.09. The lowest BCUT2D eigenvalue weighted by Crippen LogP contribution is -2.45. The number of nitrogens with one attached hydrogen (secondary N) is 2. The fourth-order valence-corrected chi connectivity index (χ4v) is 2.25. The van der Waals surface area contributed by atoms with Crippen LogP contribution in [0.15, 0.2) is 0 Å². The van der Waals surface area contributed by atoms with Crippen molar-refractivity contribution in [1.29, 1.82) is 0 Å². The Morgan fingerprint density at radius 3 is 2.82 bits per heavy atom. The Morgan fingerprint density at radius 2 is 2.24 bits per heavy atom. The van der Waals surface area contributed by atoms with Gasteiger partial charge in [-0.05, 0) is 19.8 Å². The van der Waals surface area contributed by atoms with Gasteiger partial charge in [0.15, 0.2) is 5.82 Å². The molecule has 1 fully saturated rings. The molecule has 1 saturated carbocycles. The first-order valence-electron chi connectivity index (χ1n) is 5.89. The van der Waals surface area contributed by atoms with Crippen LogP contribution < -0.4 is 11.1 Å². The molecule has 2 rings (SSSR count). The number of nitrogens with two attached hydrogens (primary N) is 1. The number of aliphatic hydroxyl groups is 1. The van der Waals surface area contributed by atoms with E-state index >= 15 is 0 Å². The Hall–Kier alpha value is -1.56. The second-order valence-corrected chi connectivity index (χ2v) is 4.54. The Kier molecular flexibility index (Phi) is 3.33. The summed E-state index contributed by atoms with van der Waals surface area (Å²) in [6.45, 7) is 1.75. The van der Waals surface area contributed by atoms with Gasteiger partial charge in [0.05, 0.1) is 12.1 Å². The van der Waals surface area contributed by atoms with Crippen LogP contribution in [0.4, 0.5) is 5.82 Å². The van der Waals surface area contributed by atoms with E-state index < -0.39 is 6.10 Å². The van der Waals surface area contributed by atoms with E-state index in [0.29, 0.717) is 11.3 Å². The molecule has 1 aromatic rings. The van der Waals surface area contributed by atoms with Crippen molar-refractivity contribution < 1.29 is 9.90 Å². The molecule has 0 saturated heterocycles. The van der Waals surface area contributed by atoms with Crippen molar-refractivity contribution in [3.8, 4) is 0 Å².